The fourth-order valence-corrected chi connectivity index (χ4v) is 2.52. The Morgan fingerprint density at radius 1 is 0.931 bits per heavy atom. The summed E-state index contributed by atoms with van der Waals surface area (Å²) < 4.78 is 4.95. The molecule has 0 aliphatic carbocycles. The van der Waals surface area contributed by atoms with Crippen LogP contribution in [0, 0.1) is 0 Å². The van der Waals surface area contributed by atoms with Crippen molar-refractivity contribution in [2.24, 2.45) is 0 Å². The highest BCUT2D eigenvalue weighted by Gasteiger charge is 2.08. The van der Waals surface area contributed by atoms with Gasteiger partial charge < -0.3 is 26.0 Å². The number of amides is 3. The summed E-state index contributed by atoms with van der Waals surface area (Å²) in [5.74, 6) is -0.584. The second-order valence-corrected chi connectivity index (χ2v) is 6.34. The molecule has 2 aromatic carbocycles. The van der Waals surface area contributed by atoms with Crippen LogP contribution in [-0.2, 0) is 14.3 Å². The maximum atomic E-state index is 12.2. The highest BCUT2D eigenvalue weighted by molar-refractivity contribution is 5.98. The molecule has 0 radical (unpaired) electrons. The predicted molar refractivity (Wildman–Crippen MR) is 113 cm³/mol. The van der Waals surface area contributed by atoms with E-state index in [9.17, 15) is 14.4 Å². The monoisotopic (exact) mass is 398 g/mol. The zero-order chi connectivity index (χ0) is 21.1. The van der Waals surface area contributed by atoms with Gasteiger partial charge in [-0.05, 0) is 48.9 Å². The standard InChI is InChI=1S/C21H26N4O4/c1-15(26)24-18-9-7-17(8-10-18)23-14-20(27)25-19-6-3-5-16(13-19)21(28)22-11-4-12-29-2/h3,5-10,13,23H,4,11-12,14H2,1-2H3,(H,22,28)(H,24,26)(H,25,27). The molecule has 29 heavy (non-hydrogen) atoms. The summed E-state index contributed by atoms with van der Waals surface area (Å²) >= 11 is 0. The zero-order valence-electron chi connectivity index (χ0n) is 16.6. The van der Waals surface area contributed by atoms with Gasteiger partial charge in [-0.15, -0.1) is 0 Å². The second-order valence-electron chi connectivity index (χ2n) is 6.34. The number of hydrogen-bond acceptors (Lipinski definition) is 5. The summed E-state index contributed by atoms with van der Waals surface area (Å²) in [5, 5.41) is 11.3. The lowest BCUT2D eigenvalue weighted by Gasteiger charge is -2.10. The zero-order valence-corrected chi connectivity index (χ0v) is 16.6. The summed E-state index contributed by atoms with van der Waals surface area (Å²) in [7, 11) is 1.61. The lowest BCUT2D eigenvalue weighted by atomic mass is 10.2. The maximum absolute atomic E-state index is 12.2. The summed E-state index contributed by atoms with van der Waals surface area (Å²) in [6, 6.07) is 13.8. The Labute approximate surface area is 170 Å². The number of nitrogens with one attached hydrogen (secondary N) is 4. The highest BCUT2D eigenvalue weighted by Crippen LogP contribution is 2.14. The van der Waals surface area contributed by atoms with Crippen molar-refractivity contribution in [1.82, 2.24) is 5.32 Å². The largest absolute Gasteiger partial charge is 0.385 e. The van der Waals surface area contributed by atoms with Gasteiger partial charge in [-0.3, -0.25) is 14.4 Å². The van der Waals surface area contributed by atoms with Gasteiger partial charge in [0.25, 0.3) is 5.91 Å². The van der Waals surface area contributed by atoms with Gasteiger partial charge in [-0.1, -0.05) is 6.07 Å². The average Bonchev–Trinajstić information content (AvgIpc) is 2.70. The van der Waals surface area contributed by atoms with Crippen LogP contribution < -0.4 is 21.3 Å². The number of hydrogen-bond donors (Lipinski definition) is 4. The molecule has 0 saturated carbocycles. The topological polar surface area (TPSA) is 109 Å². The van der Waals surface area contributed by atoms with Crippen molar-refractivity contribution >= 4 is 34.8 Å². The number of benzene rings is 2. The minimum Gasteiger partial charge on any atom is -0.385 e. The fraction of sp³-hybridized carbons (Fsp3) is 0.286. The molecule has 0 saturated heterocycles. The first-order chi connectivity index (χ1) is 14.0. The van der Waals surface area contributed by atoms with Crippen molar-refractivity contribution in [2.45, 2.75) is 13.3 Å². The Kier molecular flexibility index (Phi) is 8.65. The van der Waals surface area contributed by atoms with Gasteiger partial charge in [0.1, 0.15) is 0 Å². The molecular weight excluding hydrogens is 372 g/mol. The number of carbonyl (C=O) groups excluding carboxylic acids is 3. The third-order valence-electron chi connectivity index (χ3n) is 3.88. The molecule has 4 N–H and O–H groups in total. The third-order valence-corrected chi connectivity index (χ3v) is 3.88. The number of carbonyl (C=O) groups is 3. The van der Waals surface area contributed by atoms with Crippen LogP contribution in [0.3, 0.4) is 0 Å². The molecule has 8 nitrogen and oxygen atoms in total. The molecule has 0 fully saturated rings. The van der Waals surface area contributed by atoms with E-state index in [2.05, 4.69) is 21.3 Å². The van der Waals surface area contributed by atoms with Gasteiger partial charge in [-0.25, -0.2) is 0 Å². The van der Waals surface area contributed by atoms with Crippen molar-refractivity contribution in [1.29, 1.82) is 0 Å². The van der Waals surface area contributed by atoms with Crippen LogP contribution in [-0.4, -0.2) is 44.5 Å². The van der Waals surface area contributed by atoms with Crippen LogP contribution in [0.5, 0.6) is 0 Å². The van der Waals surface area contributed by atoms with Crippen LogP contribution in [0.15, 0.2) is 48.5 Å². The Hall–Kier alpha value is -3.39. The van der Waals surface area contributed by atoms with E-state index in [0.29, 0.717) is 30.1 Å². The fourth-order valence-electron chi connectivity index (χ4n) is 2.52. The molecule has 154 valence electrons. The predicted octanol–water partition coefficient (Wildman–Crippen LogP) is 2.46. The van der Waals surface area contributed by atoms with E-state index in [1.165, 1.54) is 6.92 Å². The van der Waals surface area contributed by atoms with Crippen molar-refractivity contribution < 1.29 is 19.1 Å². The van der Waals surface area contributed by atoms with E-state index >= 15 is 0 Å². The molecule has 0 spiro atoms. The number of methoxy groups -OCH3 is 1. The lowest BCUT2D eigenvalue weighted by Crippen LogP contribution is -2.25. The molecule has 0 aromatic heterocycles. The maximum Gasteiger partial charge on any atom is 0.251 e. The van der Waals surface area contributed by atoms with E-state index in [1.54, 1.807) is 55.6 Å². The summed E-state index contributed by atoms with van der Waals surface area (Å²) in [6.07, 6.45) is 0.732. The summed E-state index contributed by atoms with van der Waals surface area (Å²) in [5.41, 5.74) is 2.45. The molecule has 0 unspecified atom stereocenters. The molecule has 2 rings (SSSR count). The molecule has 0 aliphatic heterocycles. The third kappa shape index (κ3) is 8.02. The Morgan fingerprint density at radius 3 is 2.34 bits per heavy atom. The normalized spacial score (nSPS) is 10.1. The first-order valence-corrected chi connectivity index (χ1v) is 9.26. The van der Waals surface area contributed by atoms with Gasteiger partial charge in [0.2, 0.25) is 11.8 Å². The average molecular weight is 398 g/mol. The van der Waals surface area contributed by atoms with E-state index in [1.807, 2.05) is 0 Å². The van der Waals surface area contributed by atoms with Gasteiger partial charge >= 0.3 is 0 Å². The molecule has 0 bridgehead atoms. The van der Waals surface area contributed by atoms with Gasteiger partial charge in [0.15, 0.2) is 0 Å². The SMILES string of the molecule is COCCCNC(=O)c1cccc(NC(=O)CNc2ccc(NC(C)=O)cc2)c1. The van der Waals surface area contributed by atoms with Crippen LogP contribution in [0.25, 0.3) is 0 Å². The van der Waals surface area contributed by atoms with Gasteiger partial charge in [0, 0.05) is 49.8 Å². The van der Waals surface area contributed by atoms with Crippen LogP contribution >= 0.6 is 0 Å². The number of anilines is 3. The van der Waals surface area contributed by atoms with Crippen molar-refractivity contribution in [2.75, 3.05) is 42.8 Å². The molecular formula is C21H26N4O4. The smallest absolute Gasteiger partial charge is 0.251 e. The van der Waals surface area contributed by atoms with Crippen LogP contribution in [0.2, 0.25) is 0 Å². The summed E-state index contributed by atoms with van der Waals surface area (Å²) in [6.45, 7) is 2.61. The number of ether oxygens (including phenoxy) is 1. The van der Waals surface area contributed by atoms with Crippen molar-refractivity contribution in [3.8, 4) is 0 Å². The first kappa shape index (κ1) is 21.9. The second kappa shape index (κ2) is 11.5. The molecule has 3 amide bonds. The molecule has 8 heteroatoms. The Bertz CT molecular complexity index is 837. The molecule has 0 heterocycles. The molecule has 2 aromatic rings. The van der Waals surface area contributed by atoms with Gasteiger partial charge in [0.05, 0.1) is 6.54 Å². The van der Waals surface area contributed by atoms with E-state index in [0.717, 1.165) is 12.1 Å². The summed E-state index contributed by atoms with van der Waals surface area (Å²) in [4.78, 5) is 35.3. The van der Waals surface area contributed by atoms with E-state index in [-0.39, 0.29) is 24.3 Å². The van der Waals surface area contributed by atoms with Crippen LogP contribution in [0.4, 0.5) is 17.1 Å². The first-order valence-electron chi connectivity index (χ1n) is 9.26. The Balaban J connectivity index is 1.82. The minimum absolute atomic E-state index is 0.0624. The minimum atomic E-state index is -0.242. The number of rotatable bonds is 10. The van der Waals surface area contributed by atoms with E-state index < -0.39 is 0 Å². The van der Waals surface area contributed by atoms with Gasteiger partial charge in [-0.2, -0.15) is 0 Å². The van der Waals surface area contributed by atoms with Crippen LogP contribution in [0.1, 0.15) is 23.7 Å². The van der Waals surface area contributed by atoms with Crippen molar-refractivity contribution in [3.05, 3.63) is 54.1 Å². The highest BCUT2D eigenvalue weighted by atomic mass is 16.5. The molecule has 0 atom stereocenters. The Morgan fingerprint density at radius 2 is 1.66 bits per heavy atom. The lowest BCUT2D eigenvalue weighted by molar-refractivity contribution is -0.115. The quantitative estimate of drug-likeness (QED) is 0.460. The van der Waals surface area contributed by atoms with E-state index in [4.69, 9.17) is 4.74 Å². The molecule has 0 aliphatic rings. The van der Waals surface area contributed by atoms with Crippen molar-refractivity contribution in [3.63, 3.8) is 0 Å².